The highest BCUT2D eigenvalue weighted by Gasteiger charge is 2.32. The van der Waals surface area contributed by atoms with Crippen LogP contribution < -0.4 is 4.74 Å². The Morgan fingerprint density at radius 3 is 2.56 bits per heavy atom. The maximum atomic E-state index is 11.9. The van der Waals surface area contributed by atoms with Crippen molar-refractivity contribution in [2.24, 2.45) is 7.05 Å². The molecule has 0 N–H and O–H groups in total. The standard InChI is InChI=1S/C17H22ClN3O3S/c1-20-16(18)9-19-17(20)11-21(14-7-8-25(22,23)12-14)10-13-3-5-15(24-2)6-4-13/h3-6,9,14H,7-8,10-12H2,1-2H3/t14-/m0/s1. The van der Waals surface area contributed by atoms with Gasteiger partial charge in [0.25, 0.3) is 0 Å². The summed E-state index contributed by atoms with van der Waals surface area (Å²) in [5, 5.41) is 0.568. The summed E-state index contributed by atoms with van der Waals surface area (Å²) < 4.78 is 30.9. The Balaban J connectivity index is 1.81. The number of nitrogens with zero attached hydrogens (tertiary/aromatic N) is 3. The summed E-state index contributed by atoms with van der Waals surface area (Å²) in [5.41, 5.74) is 1.10. The van der Waals surface area contributed by atoms with Crippen LogP contribution in [0, 0.1) is 0 Å². The molecule has 8 heteroatoms. The molecule has 0 bridgehead atoms. The number of sulfone groups is 1. The lowest BCUT2D eigenvalue weighted by Gasteiger charge is -2.28. The SMILES string of the molecule is COc1ccc(CN(Cc2ncc(Cl)n2C)[C@H]2CCS(=O)(=O)C2)cc1. The van der Waals surface area contributed by atoms with Crippen molar-refractivity contribution in [2.75, 3.05) is 18.6 Å². The Hall–Kier alpha value is -1.57. The van der Waals surface area contributed by atoms with E-state index in [-0.39, 0.29) is 17.5 Å². The fourth-order valence-electron chi connectivity index (χ4n) is 3.10. The molecule has 0 aliphatic carbocycles. The second kappa shape index (κ2) is 7.35. The lowest BCUT2D eigenvalue weighted by atomic mass is 10.1. The molecule has 1 aromatic heterocycles. The first kappa shape index (κ1) is 18.2. The third-order valence-corrected chi connectivity index (χ3v) is 6.74. The van der Waals surface area contributed by atoms with Crippen LogP contribution in [0.4, 0.5) is 0 Å². The van der Waals surface area contributed by atoms with Gasteiger partial charge in [-0.25, -0.2) is 13.4 Å². The number of benzene rings is 1. The summed E-state index contributed by atoms with van der Waals surface area (Å²) in [4.78, 5) is 6.52. The minimum Gasteiger partial charge on any atom is -0.497 e. The number of rotatable bonds is 6. The molecule has 0 radical (unpaired) electrons. The molecule has 1 atom stereocenters. The minimum absolute atomic E-state index is 0.0115. The molecule has 25 heavy (non-hydrogen) atoms. The molecular weight excluding hydrogens is 362 g/mol. The molecule has 3 rings (SSSR count). The van der Waals surface area contributed by atoms with Crippen LogP contribution in [0.5, 0.6) is 5.75 Å². The number of imidazole rings is 1. The topological polar surface area (TPSA) is 64.4 Å². The fourth-order valence-corrected chi connectivity index (χ4v) is 5.00. The van der Waals surface area contributed by atoms with Gasteiger partial charge in [0.1, 0.15) is 16.7 Å². The average molecular weight is 384 g/mol. The van der Waals surface area contributed by atoms with Crippen molar-refractivity contribution in [3.63, 3.8) is 0 Å². The first-order valence-corrected chi connectivity index (χ1v) is 10.3. The molecule has 0 unspecified atom stereocenters. The highest BCUT2D eigenvalue weighted by Crippen LogP contribution is 2.23. The van der Waals surface area contributed by atoms with E-state index < -0.39 is 9.84 Å². The van der Waals surface area contributed by atoms with E-state index in [2.05, 4.69) is 9.88 Å². The molecule has 1 fully saturated rings. The molecule has 2 heterocycles. The molecule has 1 aromatic carbocycles. The van der Waals surface area contributed by atoms with Crippen molar-refractivity contribution in [1.82, 2.24) is 14.5 Å². The number of halogens is 1. The summed E-state index contributed by atoms with van der Waals surface area (Å²) in [5.74, 6) is 2.07. The van der Waals surface area contributed by atoms with Gasteiger partial charge < -0.3 is 9.30 Å². The second-order valence-electron chi connectivity index (χ2n) is 6.37. The van der Waals surface area contributed by atoms with Crippen molar-refractivity contribution in [3.05, 3.63) is 47.0 Å². The smallest absolute Gasteiger partial charge is 0.151 e. The van der Waals surface area contributed by atoms with Crippen LogP contribution >= 0.6 is 11.6 Å². The summed E-state index contributed by atoms with van der Waals surface area (Å²) >= 11 is 6.08. The third-order valence-electron chi connectivity index (χ3n) is 4.64. The fraction of sp³-hybridized carbons (Fsp3) is 0.471. The van der Waals surface area contributed by atoms with Gasteiger partial charge in [-0.15, -0.1) is 0 Å². The van der Waals surface area contributed by atoms with Gasteiger partial charge in [0.05, 0.1) is 31.4 Å². The number of aromatic nitrogens is 2. The van der Waals surface area contributed by atoms with E-state index in [0.717, 1.165) is 17.1 Å². The van der Waals surface area contributed by atoms with Crippen LogP contribution in [0.2, 0.25) is 5.15 Å². The van der Waals surface area contributed by atoms with Crippen LogP contribution in [-0.4, -0.2) is 47.5 Å². The zero-order chi connectivity index (χ0) is 18.0. The summed E-state index contributed by atoms with van der Waals surface area (Å²) in [6, 6.07) is 7.82. The van der Waals surface area contributed by atoms with Crippen LogP contribution in [0.1, 0.15) is 17.8 Å². The van der Waals surface area contributed by atoms with Crippen molar-refractivity contribution < 1.29 is 13.2 Å². The summed E-state index contributed by atoms with van der Waals surface area (Å²) in [7, 11) is 0.542. The van der Waals surface area contributed by atoms with Gasteiger partial charge in [-0.1, -0.05) is 23.7 Å². The van der Waals surface area contributed by atoms with Crippen LogP contribution in [0.3, 0.4) is 0 Å². The van der Waals surface area contributed by atoms with Gasteiger partial charge in [-0.05, 0) is 24.1 Å². The highest BCUT2D eigenvalue weighted by atomic mass is 35.5. The Morgan fingerprint density at radius 1 is 1.32 bits per heavy atom. The van der Waals surface area contributed by atoms with Crippen LogP contribution in [-0.2, 0) is 30.0 Å². The van der Waals surface area contributed by atoms with Gasteiger partial charge in [-0.3, -0.25) is 4.90 Å². The molecule has 0 spiro atoms. The lowest BCUT2D eigenvalue weighted by Crippen LogP contribution is -2.36. The van der Waals surface area contributed by atoms with Gasteiger partial charge in [0, 0.05) is 19.6 Å². The van der Waals surface area contributed by atoms with Crippen molar-refractivity contribution in [2.45, 2.75) is 25.6 Å². The van der Waals surface area contributed by atoms with E-state index in [1.165, 1.54) is 0 Å². The van der Waals surface area contributed by atoms with E-state index in [0.29, 0.717) is 24.7 Å². The predicted octanol–water partition coefficient (Wildman–Crippen LogP) is 2.27. The lowest BCUT2D eigenvalue weighted by molar-refractivity contribution is 0.187. The third kappa shape index (κ3) is 4.34. The van der Waals surface area contributed by atoms with Gasteiger partial charge >= 0.3 is 0 Å². The molecule has 6 nitrogen and oxygen atoms in total. The van der Waals surface area contributed by atoms with Crippen LogP contribution in [0.15, 0.2) is 30.5 Å². The van der Waals surface area contributed by atoms with E-state index >= 15 is 0 Å². The van der Waals surface area contributed by atoms with Gasteiger partial charge in [0.15, 0.2) is 9.84 Å². The molecule has 0 saturated carbocycles. The number of methoxy groups -OCH3 is 1. The Morgan fingerprint density at radius 2 is 2.04 bits per heavy atom. The van der Waals surface area contributed by atoms with E-state index in [1.54, 1.807) is 13.3 Å². The summed E-state index contributed by atoms with van der Waals surface area (Å²) in [6.45, 7) is 1.20. The van der Waals surface area contributed by atoms with Crippen molar-refractivity contribution >= 4 is 21.4 Å². The maximum absolute atomic E-state index is 11.9. The largest absolute Gasteiger partial charge is 0.497 e. The molecule has 2 aromatic rings. The highest BCUT2D eigenvalue weighted by molar-refractivity contribution is 7.91. The molecular formula is C17H22ClN3O3S. The maximum Gasteiger partial charge on any atom is 0.151 e. The minimum atomic E-state index is -2.96. The number of hydrogen-bond acceptors (Lipinski definition) is 5. The molecule has 0 amide bonds. The first-order chi connectivity index (χ1) is 11.9. The van der Waals surface area contributed by atoms with Crippen molar-refractivity contribution in [1.29, 1.82) is 0 Å². The zero-order valence-electron chi connectivity index (χ0n) is 14.4. The second-order valence-corrected chi connectivity index (χ2v) is 8.98. The molecule has 1 aliphatic rings. The molecule has 1 saturated heterocycles. The van der Waals surface area contributed by atoms with E-state index in [9.17, 15) is 8.42 Å². The molecule has 1 aliphatic heterocycles. The number of hydrogen-bond donors (Lipinski definition) is 0. The summed E-state index contributed by atoms with van der Waals surface area (Å²) in [6.07, 6.45) is 2.27. The number of ether oxygens (including phenoxy) is 1. The quantitative estimate of drug-likeness (QED) is 0.765. The van der Waals surface area contributed by atoms with Gasteiger partial charge in [-0.2, -0.15) is 0 Å². The average Bonchev–Trinajstić information content (AvgIpc) is 3.11. The predicted molar refractivity (Wildman–Crippen MR) is 97.5 cm³/mol. The van der Waals surface area contributed by atoms with E-state index in [4.69, 9.17) is 16.3 Å². The normalized spacial score (nSPS) is 19.4. The van der Waals surface area contributed by atoms with Crippen LogP contribution in [0.25, 0.3) is 0 Å². The zero-order valence-corrected chi connectivity index (χ0v) is 15.9. The molecule has 136 valence electrons. The first-order valence-electron chi connectivity index (χ1n) is 8.11. The Kier molecular flexibility index (Phi) is 5.36. The monoisotopic (exact) mass is 383 g/mol. The van der Waals surface area contributed by atoms with E-state index in [1.807, 2.05) is 35.9 Å². The van der Waals surface area contributed by atoms with Gasteiger partial charge in [0.2, 0.25) is 0 Å². The Labute approximate surface area is 153 Å². The Bertz CT molecular complexity index is 833. The van der Waals surface area contributed by atoms with Crippen molar-refractivity contribution in [3.8, 4) is 5.75 Å².